The Morgan fingerprint density at radius 1 is 1.32 bits per heavy atom. The van der Waals surface area contributed by atoms with Gasteiger partial charge in [0, 0.05) is 18.1 Å². The Morgan fingerprint density at radius 3 is 2.74 bits per heavy atom. The van der Waals surface area contributed by atoms with Crippen molar-refractivity contribution in [2.24, 2.45) is 0 Å². The molecular formula is C11H9N5O2S. The molecule has 0 aliphatic heterocycles. The number of rotatable bonds is 3. The largest absolute Gasteiger partial charge is 0.399 e. The van der Waals surface area contributed by atoms with Gasteiger partial charge in [-0.2, -0.15) is 5.26 Å². The van der Waals surface area contributed by atoms with E-state index in [4.69, 9.17) is 11.0 Å². The first-order chi connectivity index (χ1) is 9.03. The Labute approximate surface area is 109 Å². The van der Waals surface area contributed by atoms with Crippen molar-refractivity contribution in [1.29, 1.82) is 5.26 Å². The summed E-state index contributed by atoms with van der Waals surface area (Å²) >= 11 is 0. The summed E-state index contributed by atoms with van der Waals surface area (Å²) in [4.78, 5) is 7.39. The van der Waals surface area contributed by atoms with Gasteiger partial charge >= 0.3 is 0 Å². The lowest BCUT2D eigenvalue weighted by atomic mass is 10.2. The second-order valence-electron chi connectivity index (χ2n) is 3.56. The molecule has 0 spiro atoms. The van der Waals surface area contributed by atoms with Gasteiger partial charge in [-0.05, 0) is 18.2 Å². The van der Waals surface area contributed by atoms with Gasteiger partial charge in [-0.25, -0.2) is 13.4 Å². The van der Waals surface area contributed by atoms with Gasteiger partial charge in [0.05, 0.1) is 11.8 Å². The second kappa shape index (κ2) is 4.91. The lowest BCUT2D eigenvalue weighted by molar-refractivity contribution is 0.601. The summed E-state index contributed by atoms with van der Waals surface area (Å²) in [6.45, 7) is 0. The number of nitriles is 1. The maximum Gasteiger partial charge on any atom is 0.264 e. The highest BCUT2D eigenvalue weighted by atomic mass is 32.2. The minimum atomic E-state index is -3.90. The fourth-order valence-electron chi connectivity index (χ4n) is 1.41. The van der Waals surface area contributed by atoms with E-state index in [0.717, 1.165) is 0 Å². The van der Waals surface area contributed by atoms with Gasteiger partial charge in [0.25, 0.3) is 10.0 Å². The van der Waals surface area contributed by atoms with Gasteiger partial charge in [-0.3, -0.25) is 9.71 Å². The molecule has 0 aliphatic carbocycles. The Bertz CT molecular complexity index is 737. The second-order valence-corrected chi connectivity index (χ2v) is 5.21. The Kier molecular flexibility index (Phi) is 3.31. The zero-order valence-corrected chi connectivity index (χ0v) is 10.4. The van der Waals surface area contributed by atoms with Crippen LogP contribution >= 0.6 is 0 Å². The van der Waals surface area contributed by atoms with E-state index in [1.807, 2.05) is 0 Å². The molecule has 7 nitrogen and oxygen atoms in total. The molecule has 1 heterocycles. The molecular weight excluding hydrogens is 266 g/mol. The molecule has 0 unspecified atom stereocenters. The molecule has 0 bridgehead atoms. The molecule has 3 N–H and O–H groups in total. The highest BCUT2D eigenvalue weighted by Crippen LogP contribution is 2.20. The fourth-order valence-corrected chi connectivity index (χ4v) is 2.55. The minimum Gasteiger partial charge on any atom is -0.399 e. The third-order valence-electron chi connectivity index (χ3n) is 2.22. The molecule has 0 amide bonds. The molecule has 0 aliphatic rings. The van der Waals surface area contributed by atoms with Crippen molar-refractivity contribution >= 4 is 21.5 Å². The quantitative estimate of drug-likeness (QED) is 0.796. The number of anilines is 2. The van der Waals surface area contributed by atoms with Crippen LogP contribution in [0.15, 0.2) is 41.7 Å². The van der Waals surface area contributed by atoms with E-state index in [1.165, 1.54) is 36.8 Å². The number of hydrogen-bond donors (Lipinski definition) is 2. The number of nitrogens with two attached hydrogens (primary N) is 1. The van der Waals surface area contributed by atoms with E-state index in [1.54, 1.807) is 6.07 Å². The van der Waals surface area contributed by atoms with Gasteiger partial charge in [0.15, 0.2) is 5.82 Å². The molecule has 2 rings (SSSR count). The molecule has 1 aromatic carbocycles. The first-order valence-corrected chi connectivity index (χ1v) is 6.60. The number of nitrogens with one attached hydrogen (secondary N) is 1. The Hall–Kier alpha value is -2.66. The summed E-state index contributed by atoms with van der Waals surface area (Å²) in [5, 5.41) is 8.95. The van der Waals surface area contributed by atoms with E-state index in [0.29, 0.717) is 5.69 Å². The highest BCUT2D eigenvalue weighted by molar-refractivity contribution is 7.92. The van der Waals surface area contributed by atoms with Crippen molar-refractivity contribution in [3.8, 4) is 6.07 Å². The van der Waals surface area contributed by atoms with E-state index in [9.17, 15) is 8.42 Å². The maximum atomic E-state index is 12.1. The first-order valence-electron chi connectivity index (χ1n) is 5.11. The van der Waals surface area contributed by atoms with Crippen LogP contribution in [0.25, 0.3) is 0 Å². The maximum absolute atomic E-state index is 12.1. The number of nitrogen functional groups attached to an aromatic ring is 1. The van der Waals surface area contributed by atoms with Gasteiger partial charge in [-0.1, -0.05) is 0 Å². The highest BCUT2D eigenvalue weighted by Gasteiger charge is 2.19. The third-order valence-corrected chi connectivity index (χ3v) is 3.63. The summed E-state index contributed by atoms with van der Waals surface area (Å²) in [6.07, 6.45) is 4.04. The van der Waals surface area contributed by atoms with Gasteiger partial charge < -0.3 is 5.73 Å². The number of benzene rings is 1. The predicted molar refractivity (Wildman–Crippen MR) is 68.4 cm³/mol. The van der Waals surface area contributed by atoms with E-state index >= 15 is 0 Å². The molecule has 2 aromatic rings. The average Bonchev–Trinajstić information content (AvgIpc) is 2.38. The van der Waals surface area contributed by atoms with Crippen LogP contribution in [0.1, 0.15) is 5.56 Å². The number of aromatic nitrogens is 2. The average molecular weight is 275 g/mol. The van der Waals surface area contributed by atoms with Crippen molar-refractivity contribution in [3.63, 3.8) is 0 Å². The number of nitrogens with zero attached hydrogens (tertiary/aromatic N) is 3. The molecule has 0 radical (unpaired) electrons. The summed E-state index contributed by atoms with van der Waals surface area (Å²) in [5.41, 5.74) is 5.79. The molecule has 96 valence electrons. The van der Waals surface area contributed by atoms with Crippen LogP contribution in [0.3, 0.4) is 0 Å². The lowest BCUT2D eigenvalue weighted by Crippen LogP contribution is -2.15. The summed E-state index contributed by atoms with van der Waals surface area (Å²) < 4.78 is 26.5. The third kappa shape index (κ3) is 2.78. The van der Waals surface area contributed by atoms with Crippen LogP contribution in [0.4, 0.5) is 11.5 Å². The minimum absolute atomic E-state index is 0.0311. The molecule has 0 saturated heterocycles. The summed E-state index contributed by atoms with van der Waals surface area (Å²) in [7, 11) is -3.90. The molecule has 0 atom stereocenters. The lowest BCUT2D eigenvalue weighted by Gasteiger charge is -2.08. The van der Waals surface area contributed by atoms with Crippen molar-refractivity contribution < 1.29 is 8.42 Å². The Morgan fingerprint density at radius 2 is 2.11 bits per heavy atom. The SMILES string of the molecule is N#Cc1cc(N)ccc1S(=O)(=O)Nc1cnccn1. The molecule has 0 fully saturated rings. The van der Waals surface area contributed by atoms with Gasteiger partial charge in [-0.15, -0.1) is 0 Å². The van der Waals surface area contributed by atoms with Crippen molar-refractivity contribution in [3.05, 3.63) is 42.4 Å². The standard InChI is InChI=1S/C11H9N5O2S/c12-6-8-5-9(13)1-2-10(8)19(17,18)16-11-7-14-3-4-15-11/h1-5,7H,13H2,(H,15,16). The van der Waals surface area contributed by atoms with Crippen LogP contribution in [0, 0.1) is 11.3 Å². The zero-order chi connectivity index (χ0) is 13.9. The van der Waals surface area contributed by atoms with Crippen molar-refractivity contribution in [2.75, 3.05) is 10.5 Å². The predicted octanol–water partition coefficient (Wildman–Crippen LogP) is 0.731. The van der Waals surface area contributed by atoms with Crippen LogP contribution in [0.2, 0.25) is 0 Å². The zero-order valence-electron chi connectivity index (χ0n) is 9.61. The van der Waals surface area contributed by atoms with Crippen molar-refractivity contribution in [2.45, 2.75) is 4.90 Å². The van der Waals surface area contributed by atoms with E-state index < -0.39 is 10.0 Å². The van der Waals surface area contributed by atoms with Gasteiger partial charge in [0.1, 0.15) is 11.0 Å². The van der Waals surface area contributed by atoms with Crippen LogP contribution < -0.4 is 10.5 Å². The number of sulfonamides is 1. The van der Waals surface area contributed by atoms with E-state index in [-0.39, 0.29) is 16.3 Å². The smallest absolute Gasteiger partial charge is 0.264 e. The fraction of sp³-hybridized carbons (Fsp3) is 0. The monoisotopic (exact) mass is 275 g/mol. The van der Waals surface area contributed by atoms with Crippen LogP contribution in [-0.4, -0.2) is 18.4 Å². The Balaban J connectivity index is 2.44. The van der Waals surface area contributed by atoms with Crippen LogP contribution in [0.5, 0.6) is 0 Å². The van der Waals surface area contributed by atoms with Crippen LogP contribution in [-0.2, 0) is 10.0 Å². The molecule has 1 aromatic heterocycles. The van der Waals surface area contributed by atoms with Gasteiger partial charge in [0.2, 0.25) is 0 Å². The molecule has 19 heavy (non-hydrogen) atoms. The normalized spacial score (nSPS) is 10.7. The number of hydrogen-bond acceptors (Lipinski definition) is 6. The topological polar surface area (TPSA) is 122 Å². The summed E-state index contributed by atoms with van der Waals surface area (Å²) in [5.74, 6) is 0.0724. The summed E-state index contributed by atoms with van der Waals surface area (Å²) in [6, 6.07) is 5.77. The first kappa shape index (κ1) is 12.8. The molecule has 8 heteroatoms. The molecule has 0 saturated carbocycles. The van der Waals surface area contributed by atoms with E-state index in [2.05, 4.69) is 14.7 Å². The van der Waals surface area contributed by atoms with Crippen molar-refractivity contribution in [1.82, 2.24) is 9.97 Å².